The molecule has 1 unspecified atom stereocenters. The molecule has 0 bridgehead atoms. The maximum atomic E-state index is 12.2. The van der Waals surface area contributed by atoms with Crippen molar-refractivity contribution < 1.29 is 13.2 Å². The third-order valence-electron chi connectivity index (χ3n) is 2.92. The van der Waals surface area contributed by atoms with Gasteiger partial charge in [-0.2, -0.15) is 13.2 Å². The Morgan fingerprint density at radius 3 is 2.32 bits per heavy atom. The van der Waals surface area contributed by atoms with E-state index in [0.717, 1.165) is 17.0 Å². The van der Waals surface area contributed by atoms with Gasteiger partial charge in [-0.05, 0) is 43.3 Å². The molecule has 1 atom stereocenters. The predicted octanol–water partition coefficient (Wildman–Crippen LogP) is 4.79. The van der Waals surface area contributed by atoms with E-state index in [1.165, 1.54) is 0 Å². The molecule has 0 radical (unpaired) electrons. The van der Waals surface area contributed by atoms with Crippen LogP contribution in [0.25, 0.3) is 0 Å². The highest BCUT2D eigenvalue weighted by molar-refractivity contribution is 7.98. The van der Waals surface area contributed by atoms with Gasteiger partial charge in [-0.15, -0.1) is 11.8 Å². The van der Waals surface area contributed by atoms with Gasteiger partial charge in [-0.3, -0.25) is 0 Å². The van der Waals surface area contributed by atoms with Crippen LogP contribution in [0.3, 0.4) is 0 Å². The molecule has 0 spiro atoms. The molecule has 0 saturated carbocycles. The van der Waals surface area contributed by atoms with Crippen molar-refractivity contribution in [1.82, 2.24) is 5.32 Å². The Morgan fingerprint density at radius 1 is 1.21 bits per heavy atom. The molecular formula is C14H20F3NS. The van der Waals surface area contributed by atoms with E-state index in [0.29, 0.717) is 6.42 Å². The van der Waals surface area contributed by atoms with E-state index in [4.69, 9.17) is 0 Å². The predicted molar refractivity (Wildman–Crippen MR) is 74.5 cm³/mol. The Kier molecular flexibility index (Phi) is 6.72. The number of rotatable bonds is 7. The Balaban J connectivity index is 2.60. The van der Waals surface area contributed by atoms with Crippen LogP contribution in [-0.4, -0.2) is 19.0 Å². The van der Waals surface area contributed by atoms with Crippen LogP contribution in [0.5, 0.6) is 0 Å². The molecule has 5 heteroatoms. The molecule has 1 N–H and O–H groups in total. The fourth-order valence-corrected chi connectivity index (χ4v) is 2.38. The van der Waals surface area contributed by atoms with Gasteiger partial charge in [-0.25, -0.2) is 0 Å². The second-order valence-electron chi connectivity index (χ2n) is 4.39. The van der Waals surface area contributed by atoms with Crippen molar-refractivity contribution in [2.75, 3.05) is 12.8 Å². The summed E-state index contributed by atoms with van der Waals surface area (Å²) in [5, 5.41) is 3.25. The zero-order chi connectivity index (χ0) is 14.3. The molecule has 1 aromatic rings. The van der Waals surface area contributed by atoms with Crippen LogP contribution in [0.4, 0.5) is 13.2 Å². The molecule has 0 amide bonds. The highest BCUT2D eigenvalue weighted by atomic mass is 32.2. The molecule has 0 aliphatic carbocycles. The van der Waals surface area contributed by atoms with Crippen LogP contribution in [0, 0.1) is 0 Å². The van der Waals surface area contributed by atoms with Crippen molar-refractivity contribution in [2.45, 2.75) is 43.3 Å². The quantitative estimate of drug-likeness (QED) is 0.725. The molecule has 0 heterocycles. The summed E-state index contributed by atoms with van der Waals surface area (Å²) in [6.07, 6.45) is -2.10. The highest BCUT2D eigenvalue weighted by Crippen LogP contribution is 2.27. The molecule has 0 aliphatic rings. The van der Waals surface area contributed by atoms with E-state index < -0.39 is 12.6 Å². The first-order chi connectivity index (χ1) is 8.96. The first-order valence-electron chi connectivity index (χ1n) is 6.40. The lowest BCUT2D eigenvalue weighted by Gasteiger charge is -2.19. The average molecular weight is 291 g/mol. The lowest BCUT2D eigenvalue weighted by molar-refractivity contribution is -0.135. The SMILES string of the molecule is CCNC(CCCC(F)(F)F)c1ccc(SC)cc1. The number of halogens is 3. The lowest BCUT2D eigenvalue weighted by atomic mass is 10.0. The van der Waals surface area contributed by atoms with Crippen molar-refractivity contribution in [2.24, 2.45) is 0 Å². The number of thioether (sulfide) groups is 1. The minimum absolute atomic E-state index is 0.00301. The second kappa shape index (κ2) is 7.80. The summed E-state index contributed by atoms with van der Waals surface area (Å²) in [4.78, 5) is 1.16. The number of nitrogens with one attached hydrogen (secondary N) is 1. The Morgan fingerprint density at radius 2 is 1.84 bits per heavy atom. The molecule has 0 fully saturated rings. The molecule has 0 aromatic heterocycles. The maximum Gasteiger partial charge on any atom is 0.389 e. The van der Waals surface area contributed by atoms with Gasteiger partial charge < -0.3 is 5.32 Å². The number of alkyl halides is 3. The van der Waals surface area contributed by atoms with Crippen molar-refractivity contribution >= 4 is 11.8 Å². The summed E-state index contributed by atoms with van der Waals surface area (Å²) < 4.78 is 36.5. The van der Waals surface area contributed by atoms with Crippen LogP contribution >= 0.6 is 11.8 Å². The van der Waals surface area contributed by atoms with Crippen LogP contribution in [0.1, 0.15) is 37.8 Å². The fourth-order valence-electron chi connectivity index (χ4n) is 1.98. The van der Waals surface area contributed by atoms with Crippen LogP contribution in [-0.2, 0) is 0 Å². The molecule has 19 heavy (non-hydrogen) atoms. The minimum atomic E-state index is -4.06. The maximum absolute atomic E-state index is 12.2. The monoisotopic (exact) mass is 291 g/mol. The number of hydrogen-bond acceptors (Lipinski definition) is 2. The molecule has 0 saturated heterocycles. The molecular weight excluding hydrogens is 271 g/mol. The molecule has 0 aliphatic heterocycles. The van der Waals surface area contributed by atoms with Crippen molar-refractivity contribution in [1.29, 1.82) is 0 Å². The molecule has 1 rings (SSSR count). The van der Waals surface area contributed by atoms with Crippen LogP contribution < -0.4 is 5.32 Å². The summed E-state index contributed by atoms with van der Waals surface area (Å²) in [7, 11) is 0. The summed E-state index contributed by atoms with van der Waals surface area (Å²) in [6.45, 7) is 2.72. The molecule has 1 nitrogen and oxygen atoms in total. The zero-order valence-electron chi connectivity index (χ0n) is 11.3. The van der Waals surface area contributed by atoms with E-state index >= 15 is 0 Å². The van der Waals surface area contributed by atoms with Crippen molar-refractivity contribution in [3.63, 3.8) is 0 Å². The average Bonchev–Trinajstić information content (AvgIpc) is 2.36. The smallest absolute Gasteiger partial charge is 0.310 e. The van der Waals surface area contributed by atoms with Gasteiger partial charge in [-0.1, -0.05) is 19.1 Å². The van der Waals surface area contributed by atoms with Gasteiger partial charge in [0.05, 0.1) is 0 Å². The summed E-state index contributed by atoms with van der Waals surface area (Å²) in [5.41, 5.74) is 1.06. The van der Waals surface area contributed by atoms with Gasteiger partial charge in [0, 0.05) is 17.4 Å². The lowest BCUT2D eigenvalue weighted by Crippen LogP contribution is -2.21. The van der Waals surface area contributed by atoms with Crippen LogP contribution in [0.2, 0.25) is 0 Å². The molecule has 1 aromatic carbocycles. The third kappa shape index (κ3) is 6.34. The highest BCUT2D eigenvalue weighted by Gasteiger charge is 2.26. The van der Waals surface area contributed by atoms with Crippen LogP contribution in [0.15, 0.2) is 29.2 Å². The van der Waals surface area contributed by atoms with E-state index in [1.807, 2.05) is 37.4 Å². The normalized spacial score (nSPS) is 13.5. The fraction of sp³-hybridized carbons (Fsp3) is 0.571. The summed E-state index contributed by atoms with van der Waals surface area (Å²) in [6, 6.07) is 8.00. The Labute approximate surface area is 117 Å². The summed E-state index contributed by atoms with van der Waals surface area (Å²) >= 11 is 1.65. The number of benzene rings is 1. The van der Waals surface area contributed by atoms with Crippen molar-refractivity contribution in [3.05, 3.63) is 29.8 Å². The van der Waals surface area contributed by atoms with Crippen molar-refractivity contribution in [3.8, 4) is 0 Å². The Hall–Kier alpha value is -0.680. The van der Waals surface area contributed by atoms with E-state index in [9.17, 15) is 13.2 Å². The van der Waals surface area contributed by atoms with E-state index in [-0.39, 0.29) is 12.5 Å². The van der Waals surface area contributed by atoms with Gasteiger partial charge in [0.25, 0.3) is 0 Å². The molecule has 108 valence electrons. The zero-order valence-corrected chi connectivity index (χ0v) is 12.1. The first kappa shape index (κ1) is 16.4. The first-order valence-corrected chi connectivity index (χ1v) is 7.63. The van der Waals surface area contributed by atoms with Gasteiger partial charge in [0.1, 0.15) is 0 Å². The van der Waals surface area contributed by atoms with E-state index in [1.54, 1.807) is 11.8 Å². The standard InChI is InChI=1S/C14H20F3NS/c1-3-18-13(5-4-10-14(15,16)17)11-6-8-12(19-2)9-7-11/h6-9,13,18H,3-5,10H2,1-2H3. The summed E-state index contributed by atoms with van der Waals surface area (Å²) in [5.74, 6) is 0. The third-order valence-corrected chi connectivity index (χ3v) is 3.67. The minimum Gasteiger partial charge on any atom is -0.310 e. The van der Waals surface area contributed by atoms with Gasteiger partial charge in [0.15, 0.2) is 0 Å². The number of hydrogen-bond donors (Lipinski definition) is 1. The largest absolute Gasteiger partial charge is 0.389 e. The van der Waals surface area contributed by atoms with E-state index in [2.05, 4.69) is 5.32 Å². The Bertz CT molecular complexity index is 362. The second-order valence-corrected chi connectivity index (χ2v) is 5.27. The topological polar surface area (TPSA) is 12.0 Å². The van der Waals surface area contributed by atoms with Gasteiger partial charge >= 0.3 is 6.18 Å². The van der Waals surface area contributed by atoms with Gasteiger partial charge in [0.2, 0.25) is 0 Å².